The zero-order valence-electron chi connectivity index (χ0n) is 18.1. The summed E-state index contributed by atoms with van der Waals surface area (Å²) in [6.07, 6.45) is 0. The van der Waals surface area contributed by atoms with Gasteiger partial charge in [-0.25, -0.2) is 9.78 Å². The molecule has 1 heterocycles. The van der Waals surface area contributed by atoms with Crippen LogP contribution >= 0.6 is 22.9 Å². The number of ether oxygens (including phenoxy) is 2. The van der Waals surface area contributed by atoms with Crippen LogP contribution in [0, 0.1) is 0 Å². The minimum atomic E-state index is -0.291. The number of carbonyl (C=O) groups excluding carboxylic acids is 1. The predicted octanol–water partition coefficient (Wildman–Crippen LogP) is 6.47. The number of halogens is 1. The average molecular weight is 480 g/mol. The monoisotopic (exact) mass is 479 g/mol. The number of nitrogens with zero attached hydrogens (tertiary/aromatic N) is 1. The van der Waals surface area contributed by atoms with E-state index in [9.17, 15) is 4.79 Å². The quantitative estimate of drug-likeness (QED) is 0.318. The second-order valence-corrected chi connectivity index (χ2v) is 8.42. The smallest absolute Gasteiger partial charge is 0.319 e. The van der Waals surface area contributed by atoms with Crippen molar-refractivity contribution in [3.05, 3.63) is 82.7 Å². The molecule has 2 amide bonds. The van der Waals surface area contributed by atoms with Gasteiger partial charge in [-0.05, 0) is 42.0 Å². The molecule has 4 aromatic rings. The van der Waals surface area contributed by atoms with E-state index in [1.54, 1.807) is 49.8 Å². The SMILES string of the molecule is COc1ccc(-c2csc(-c3ccc(CNC(=O)Nc4cccc(Cl)c4)cc3)n2)cc1OC. The molecule has 0 aliphatic rings. The fourth-order valence-electron chi connectivity index (χ4n) is 3.22. The molecular formula is C25H22ClN3O3S. The Morgan fingerprint density at radius 1 is 0.970 bits per heavy atom. The molecule has 4 rings (SSSR count). The van der Waals surface area contributed by atoms with Gasteiger partial charge in [-0.2, -0.15) is 0 Å². The molecule has 0 saturated heterocycles. The number of benzene rings is 3. The highest BCUT2D eigenvalue weighted by Crippen LogP contribution is 2.34. The number of hydrogen-bond acceptors (Lipinski definition) is 5. The topological polar surface area (TPSA) is 72.5 Å². The second kappa shape index (κ2) is 10.4. The maximum absolute atomic E-state index is 12.1. The van der Waals surface area contributed by atoms with Gasteiger partial charge in [0.1, 0.15) is 5.01 Å². The number of anilines is 1. The molecule has 0 aliphatic heterocycles. The zero-order valence-corrected chi connectivity index (χ0v) is 19.7. The minimum absolute atomic E-state index is 0.291. The molecule has 0 unspecified atom stereocenters. The van der Waals surface area contributed by atoms with Crippen LogP contribution in [0.3, 0.4) is 0 Å². The molecule has 2 N–H and O–H groups in total. The summed E-state index contributed by atoms with van der Waals surface area (Å²) in [4.78, 5) is 16.9. The van der Waals surface area contributed by atoms with E-state index in [1.165, 1.54) is 0 Å². The maximum Gasteiger partial charge on any atom is 0.319 e. The van der Waals surface area contributed by atoms with Gasteiger partial charge in [-0.15, -0.1) is 11.3 Å². The first-order valence-electron chi connectivity index (χ1n) is 10.1. The van der Waals surface area contributed by atoms with Gasteiger partial charge in [0, 0.05) is 33.8 Å². The van der Waals surface area contributed by atoms with E-state index in [0.717, 1.165) is 27.4 Å². The van der Waals surface area contributed by atoms with Crippen LogP contribution in [0.5, 0.6) is 11.5 Å². The summed E-state index contributed by atoms with van der Waals surface area (Å²) in [5.74, 6) is 1.35. The Bertz CT molecular complexity index is 1260. The first-order chi connectivity index (χ1) is 16.1. The molecule has 3 aromatic carbocycles. The average Bonchev–Trinajstić information content (AvgIpc) is 3.33. The fourth-order valence-corrected chi connectivity index (χ4v) is 4.25. The molecule has 0 bridgehead atoms. The molecule has 8 heteroatoms. The van der Waals surface area contributed by atoms with Crippen molar-refractivity contribution in [1.29, 1.82) is 0 Å². The number of carbonyl (C=O) groups is 1. The van der Waals surface area contributed by atoms with Crippen LogP contribution in [0.4, 0.5) is 10.5 Å². The summed E-state index contributed by atoms with van der Waals surface area (Å²) < 4.78 is 10.7. The maximum atomic E-state index is 12.1. The third kappa shape index (κ3) is 5.63. The van der Waals surface area contributed by atoms with Gasteiger partial charge in [-0.3, -0.25) is 0 Å². The Kier molecular flexibility index (Phi) is 7.12. The highest BCUT2D eigenvalue weighted by Gasteiger charge is 2.11. The third-order valence-electron chi connectivity index (χ3n) is 4.92. The summed E-state index contributed by atoms with van der Waals surface area (Å²) >= 11 is 7.52. The van der Waals surface area contributed by atoms with Gasteiger partial charge in [0.2, 0.25) is 0 Å². The van der Waals surface area contributed by atoms with Crippen LogP contribution in [0.1, 0.15) is 5.56 Å². The molecule has 0 radical (unpaired) electrons. The first kappa shape index (κ1) is 22.6. The normalized spacial score (nSPS) is 10.5. The van der Waals surface area contributed by atoms with Crippen molar-refractivity contribution in [1.82, 2.24) is 10.3 Å². The van der Waals surface area contributed by atoms with Crippen molar-refractivity contribution in [3.63, 3.8) is 0 Å². The standard InChI is InChI=1S/C25H22ClN3O3S/c1-31-22-11-10-18(12-23(22)32-2)21-15-33-24(29-21)17-8-6-16(7-9-17)14-27-25(30)28-20-5-3-4-19(26)13-20/h3-13,15H,14H2,1-2H3,(H2,27,28,30). The first-order valence-corrected chi connectivity index (χ1v) is 11.4. The number of methoxy groups -OCH3 is 2. The second-order valence-electron chi connectivity index (χ2n) is 7.12. The van der Waals surface area contributed by atoms with Crippen molar-refractivity contribution >= 4 is 34.7 Å². The summed E-state index contributed by atoms with van der Waals surface area (Å²) in [5, 5.41) is 9.11. The van der Waals surface area contributed by atoms with E-state index < -0.39 is 0 Å². The van der Waals surface area contributed by atoms with Crippen molar-refractivity contribution in [2.75, 3.05) is 19.5 Å². The fraction of sp³-hybridized carbons (Fsp3) is 0.120. The van der Waals surface area contributed by atoms with Crippen molar-refractivity contribution < 1.29 is 14.3 Å². The number of thiazole rings is 1. The number of hydrogen-bond donors (Lipinski definition) is 2. The Balaban J connectivity index is 1.38. The van der Waals surface area contributed by atoms with Crippen LogP contribution in [-0.4, -0.2) is 25.2 Å². The van der Waals surface area contributed by atoms with E-state index in [4.69, 9.17) is 26.1 Å². The molecule has 1 aromatic heterocycles. The summed E-state index contributed by atoms with van der Waals surface area (Å²) in [5.41, 5.74) is 4.47. The molecule has 0 fully saturated rings. The molecule has 0 atom stereocenters. The van der Waals surface area contributed by atoms with Crippen LogP contribution in [0.25, 0.3) is 21.8 Å². The van der Waals surface area contributed by atoms with Gasteiger partial charge >= 0.3 is 6.03 Å². The zero-order chi connectivity index (χ0) is 23.2. The Labute approximate surface area is 201 Å². The lowest BCUT2D eigenvalue weighted by atomic mass is 10.1. The van der Waals surface area contributed by atoms with Gasteiger partial charge in [0.05, 0.1) is 19.9 Å². The summed E-state index contributed by atoms with van der Waals surface area (Å²) in [6.45, 7) is 0.404. The molecule has 168 valence electrons. The van der Waals surface area contributed by atoms with Gasteiger partial charge in [0.25, 0.3) is 0 Å². The minimum Gasteiger partial charge on any atom is -0.493 e. The lowest BCUT2D eigenvalue weighted by Crippen LogP contribution is -2.28. The van der Waals surface area contributed by atoms with E-state index in [2.05, 4.69) is 10.6 Å². The lowest BCUT2D eigenvalue weighted by molar-refractivity contribution is 0.251. The van der Waals surface area contributed by atoms with Gasteiger partial charge < -0.3 is 20.1 Å². The molecule has 6 nitrogen and oxygen atoms in total. The van der Waals surface area contributed by atoms with Crippen molar-refractivity contribution in [3.8, 4) is 33.3 Å². The highest BCUT2D eigenvalue weighted by atomic mass is 35.5. The van der Waals surface area contributed by atoms with Crippen LogP contribution in [0.15, 0.2) is 72.1 Å². The highest BCUT2D eigenvalue weighted by molar-refractivity contribution is 7.13. The summed E-state index contributed by atoms with van der Waals surface area (Å²) in [7, 11) is 3.23. The number of nitrogens with one attached hydrogen (secondary N) is 2. The van der Waals surface area contributed by atoms with Gasteiger partial charge in [0.15, 0.2) is 11.5 Å². The van der Waals surface area contributed by atoms with E-state index in [-0.39, 0.29) is 6.03 Å². The van der Waals surface area contributed by atoms with Crippen molar-refractivity contribution in [2.24, 2.45) is 0 Å². The lowest BCUT2D eigenvalue weighted by Gasteiger charge is -2.08. The van der Waals surface area contributed by atoms with E-state index >= 15 is 0 Å². The number of urea groups is 1. The predicted molar refractivity (Wildman–Crippen MR) is 133 cm³/mol. The molecule has 33 heavy (non-hydrogen) atoms. The molecule has 0 aliphatic carbocycles. The van der Waals surface area contributed by atoms with Crippen molar-refractivity contribution in [2.45, 2.75) is 6.54 Å². The Hall–Kier alpha value is -3.55. The molecular weight excluding hydrogens is 458 g/mol. The molecule has 0 spiro atoms. The van der Waals surface area contributed by atoms with Crippen LogP contribution in [-0.2, 0) is 6.54 Å². The number of aromatic nitrogens is 1. The van der Waals surface area contributed by atoms with Crippen LogP contribution < -0.4 is 20.1 Å². The Morgan fingerprint density at radius 3 is 2.45 bits per heavy atom. The van der Waals surface area contributed by atoms with E-state index in [0.29, 0.717) is 28.8 Å². The molecule has 0 saturated carbocycles. The number of amides is 2. The van der Waals surface area contributed by atoms with Crippen LogP contribution in [0.2, 0.25) is 5.02 Å². The largest absolute Gasteiger partial charge is 0.493 e. The third-order valence-corrected chi connectivity index (χ3v) is 6.05. The summed E-state index contributed by atoms with van der Waals surface area (Å²) in [6, 6.07) is 20.4. The Morgan fingerprint density at radius 2 is 1.73 bits per heavy atom. The van der Waals surface area contributed by atoms with Gasteiger partial charge in [-0.1, -0.05) is 41.9 Å². The number of rotatable bonds is 7. The van der Waals surface area contributed by atoms with E-state index in [1.807, 2.05) is 47.8 Å².